The van der Waals surface area contributed by atoms with Crippen LogP contribution < -0.4 is 4.74 Å². The number of hydrogen-bond acceptors (Lipinski definition) is 4. The molecule has 0 saturated heterocycles. The van der Waals surface area contributed by atoms with Crippen molar-refractivity contribution in [1.29, 1.82) is 0 Å². The van der Waals surface area contributed by atoms with Crippen LogP contribution in [-0.2, 0) is 9.53 Å². The Morgan fingerprint density at radius 1 is 1.03 bits per heavy atom. The van der Waals surface area contributed by atoms with Crippen LogP contribution in [0.15, 0.2) is 60.7 Å². The maximum atomic E-state index is 12.9. The van der Waals surface area contributed by atoms with Crippen molar-refractivity contribution in [2.24, 2.45) is 0 Å². The molecule has 0 aliphatic rings. The zero-order valence-electron chi connectivity index (χ0n) is 17.3. The van der Waals surface area contributed by atoms with Gasteiger partial charge in [-0.3, -0.25) is 4.79 Å². The normalized spacial score (nSPS) is 11.2. The van der Waals surface area contributed by atoms with Crippen LogP contribution in [0.4, 0.5) is 13.2 Å². The van der Waals surface area contributed by atoms with E-state index in [-0.39, 0.29) is 17.3 Å². The number of benzene rings is 2. The van der Waals surface area contributed by atoms with Gasteiger partial charge in [-0.2, -0.15) is 8.78 Å². The summed E-state index contributed by atoms with van der Waals surface area (Å²) < 4.78 is 48.7. The number of aryl methyl sites for hydroxylation is 1. The van der Waals surface area contributed by atoms with Crippen molar-refractivity contribution in [3.63, 3.8) is 0 Å². The highest BCUT2D eigenvalue weighted by Gasteiger charge is 2.18. The molecule has 0 N–H and O–H groups in total. The molecule has 0 amide bonds. The second kappa shape index (κ2) is 10.00. The summed E-state index contributed by atoms with van der Waals surface area (Å²) >= 11 is 0. The van der Waals surface area contributed by atoms with Gasteiger partial charge in [0.25, 0.3) is 0 Å². The van der Waals surface area contributed by atoms with Crippen molar-refractivity contribution in [2.75, 3.05) is 6.61 Å². The van der Waals surface area contributed by atoms with Crippen LogP contribution in [0, 0.1) is 19.7 Å². The third kappa shape index (κ3) is 5.66. The quantitative estimate of drug-likeness (QED) is 0.270. The molecule has 3 aromatic rings. The van der Waals surface area contributed by atoms with Gasteiger partial charge in [0, 0.05) is 28.7 Å². The minimum absolute atomic E-state index is 0.0307. The summed E-state index contributed by atoms with van der Waals surface area (Å²) in [5.74, 6) is -1.44. The Kier molecular flexibility index (Phi) is 7.14. The number of alkyl halides is 2. The average Bonchev–Trinajstić information content (AvgIpc) is 3.06. The summed E-state index contributed by atoms with van der Waals surface area (Å²) in [4.78, 5) is 24.5. The predicted molar refractivity (Wildman–Crippen MR) is 113 cm³/mol. The second-order valence-corrected chi connectivity index (χ2v) is 6.91. The first-order valence-corrected chi connectivity index (χ1v) is 9.62. The number of esters is 1. The van der Waals surface area contributed by atoms with Crippen LogP contribution in [0.5, 0.6) is 5.75 Å². The zero-order chi connectivity index (χ0) is 23.3. The maximum absolute atomic E-state index is 12.9. The molecule has 0 aliphatic carbocycles. The van der Waals surface area contributed by atoms with Crippen molar-refractivity contribution in [3.8, 4) is 11.4 Å². The number of ketones is 1. The molecule has 0 atom stereocenters. The van der Waals surface area contributed by atoms with Crippen LogP contribution in [0.1, 0.15) is 27.3 Å². The first-order chi connectivity index (χ1) is 15.2. The molecule has 0 aliphatic heterocycles. The Hall–Kier alpha value is -3.81. The molecule has 0 unspecified atom stereocenters. The van der Waals surface area contributed by atoms with E-state index in [0.29, 0.717) is 22.5 Å². The number of halogens is 3. The number of rotatable bonds is 8. The number of carbonyl (C=O) groups is 2. The number of Topliss-reactive ketones (excluding diaryl/α,β-unsaturated/α-hetero) is 1. The van der Waals surface area contributed by atoms with Gasteiger partial charge in [-0.25, -0.2) is 9.18 Å². The molecule has 3 rings (SSSR count). The fourth-order valence-electron chi connectivity index (χ4n) is 3.22. The second-order valence-electron chi connectivity index (χ2n) is 6.91. The van der Waals surface area contributed by atoms with E-state index in [1.807, 2.05) is 0 Å². The molecule has 0 spiro atoms. The first kappa shape index (κ1) is 22.9. The van der Waals surface area contributed by atoms with E-state index >= 15 is 0 Å². The SMILES string of the molecule is Cc1cc(C(=O)COC(=O)C=Cc2ccc(F)cc2)c(C)n1-c1ccc(OC(F)F)cc1. The highest BCUT2D eigenvalue weighted by molar-refractivity contribution is 6.00. The third-order valence-corrected chi connectivity index (χ3v) is 4.68. The lowest BCUT2D eigenvalue weighted by Crippen LogP contribution is -2.13. The summed E-state index contributed by atoms with van der Waals surface area (Å²) in [6.07, 6.45) is 2.62. The molecule has 166 valence electrons. The van der Waals surface area contributed by atoms with Gasteiger partial charge in [0.05, 0.1) is 0 Å². The van der Waals surface area contributed by atoms with Crippen molar-refractivity contribution in [3.05, 3.63) is 89.0 Å². The van der Waals surface area contributed by atoms with Crippen LogP contribution in [0.2, 0.25) is 0 Å². The molecule has 1 heterocycles. The highest BCUT2D eigenvalue weighted by atomic mass is 19.3. The topological polar surface area (TPSA) is 57.5 Å². The lowest BCUT2D eigenvalue weighted by Gasteiger charge is -2.11. The number of ether oxygens (including phenoxy) is 2. The van der Waals surface area contributed by atoms with Gasteiger partial charge in [0.2, 0.25) is 5.78 Å². The maximum Gasteiger partial charge on any atom is 0.387 e. The molecule has 1 aromatic heterocycles. The molecule has 0 bridgehead atoms. The number of hydrogen-bond donors (Lipinski definition) is 0. The first-order valence-electron chi connectivity index (χ1n) is 9.62. The molecular weight excluding hydrogens is 423 g/mol. The number of nitrogens with zero attached hydrogens (tertiary/aromatic N) is 1. The summed E-state index contributed by atoms with van der Waals surface area (Å²) in [6.45, 7) is 0.177. The molecule has 5 nitrogen and oxygen atoms in total. The fraction of sp³-hybridized carbons (Fsp3) is 0.167. The van der Waals surface area contributed by atoms with Crippen LogP contribution in [0.3, 0.4) is 0 Å². The van der Waals surface area contributed by atoms with Crippen LogP contribution in [0.25, 0.3) is 11.8 Å². The predicted octanol–water partition coefficient (Wildman–Crippen LogP) is 5.27. The van der Waals surface area contributed by atoms with Crippen LogP contribution in [-0.4, -0.2) is 29.5 Å². The van der Waals surface area contributed by atoms with Crippen molar-refractivity contribution in [1.82, 2.24) is 4.57 Å². The Labute approximate surface area is 182 Å². The van der Waals surface area contributed by atoms with Gasteiger partial charge in [0.15, 0.2) is 6.61 Å². The smallest absolute Gasteiger partial charge is 0.387 e. The number of aromatic nitrogens is 1. The van der Waals surface area contributed by atoms with E-state index in [4.69, 9.17) is 4.74 Å². The van der Waals surface area contributed by atoms with Gasteiger partial charge >= 0.3 is 12.6 Å². The molecule has 0 radical (unpaired) electrons. The lowest BCUT2D eigenvalue weighted by atomic mass is 10.1. The standard InChI is InChI=1S/C24H20F3NO4/c1-15-13-21(16(2)28(15)19-8-10-20(11-9-19)32-24(26)27)22(29)14-31-23(30)12-5-17-3-6-18(25)7-4-17/h3-13,24H,14H2,1-2H3. The van der Waals surface area contributed by atoms with E-state index in [1.54, 1.807) is 36.6 Å². The largest absolute Gasteiger partial charge is 0.454 e. The molecule has 8 heteroatoms. The lowest BCUT2D eigenvalue weighted by molar-refractivity contribution is -0.136. The van der Waals surface area contributed by atoms with Gasteiger partial charge in [-0.05, 0) is 68.0 Å². The fourth-order valence-corrected chi connectivity index (χ4v) is 3.22. The molecule has 2 aromatic carbocycles. The summed E-state index contributed by atoms with van der Waals surface area (Å²) in [6, 6.07) is 13.3. The van der Waals surface area contributed by atoms with Crippen LogP contribution >= 0.6 is 0 Å². The number of carbonyl (C=O) groups excluding carboxylic acids is 2. The highest BCUT2D eigenvalue weighted by Crippen LogP contribution is 2.24. The summed E-state index contributed by atoms with van der Waals surface area (Å²) in [5, 5.41) is 0. The van der Waals surface area contributed by atoms with Gasteiger partial charge in [-0.15, -0.1) is 0 Å². The van der Waals surface area contributed by atoms with Gasteiger partial charge in [0.1, 0.15) is 11.6 Å². The Morgan fingerprint density at radius 3 is 2.31 bits per heavy atom. The van der Waals surface area contributed by atoms with E-state index < -0.39 is 19.2 Å². The minimum atomic E-state index is -2.91. The third-order valence-electron chi connectivity index (χ3n) is 4.68. The Balaban J connectivity index is 1.66. The Morgan fingerprint density at radius 2 is 1.69 bits per heavy atom. The molecule has 0 saturated carbocycles. The zero-order valence-corrected chi connectivity index (χ0v) is 17.3. The van der Waals surface area contributed by atoms with Crippen molar-refractivity contribution in [2.45, 2.75) is 20.5 Å². The molecule has 32 heavy (non-hydrogen) atoms. The summed E-state index contributed by atoms with van der Waals surface area (Å²) in [5.41, 5.74) is 3.03. The molecule has 0 fully saturated rings. The minimum Gasteiger partial charge on any atom is -0.454 e. The van der Waals surface area contributed by atoms with Crippen molar-refractivity contribution >= 4 is 17.8 Å². The average molecular weight is 443 g/mol. The van der Waals surface area contributed by atoms with Gasteiger partial charge in [-0.1, -0.05) is 12.1 Å². The van der Waals surface area contributed by atoms with E-state index in [1.165, 1.54) is 42.5 Å². The van der Waals surface area contributed by atoms with E-state index in [0.717, 1.165) is 11.8 Å². The molecular formula is C24H20F3NO4. The monoisotopic (exact) mass is 443 g/mol. The summed E-state index contributed by atoms with van der Waals surface area (Å²) in [7, 11) is 0. The van der Waals surface area contributed by atoms with E-state index in [2.05, 4.69) is 4.74 Å². The van der Waals surface area contributed by atoms with E-state index in [9.17, 15) is 22.8 Å². The van der Waals surface area contributed by atoms with Crippen molar-refractivity contribution < 1.29 is 32.2 Å². The van der Waals surface area contributed by atoms with Gasteiger partial charge < -0.3 is 14.0 Å². The Bertz CT molecular complexity index is 1130.